The van der Waals surface area contributed by atoms with E-state index in [0.717, 1.165) is 39.5 Å². The summed E-state index contributed by atoms with van der Waals surface area (Å²) in [6.45, 7) is 1.43. The van der Waals surface area contributed by atoms with Crippen LogP contribution in [0.1, 0.15) is 27.8 Å². The number of nitrogens with zero attached hydrogens (tertiary/aromatic N) is 1. The maximum atomic E-state index is 8.79. The topological polar surface area (TPSA) is 69.5 Å². The standard InChI is InChI=1S/C43H32N4O/c44-42(30-8-2-1-3-9-30)34-11-5-7-13-39(34)47-25-28-14-16-29(17-15-28)31-18-19-33-32-10-4-6-12-35(32)43(36(33)24-31)37-26-45-22-20-40(37)48-41-21-23-46-27-38(41)43/h1-25,44-46H,26-27H2. The molecule has 0 fully saturated rings. The highest BCUT2D eigenvalue weighted by atomic mass is 16.5. The fraction of sp³-hybridized carbons (Fsp3) is 0.0698. The van der Waals surface area contributed by atoms with Crippen molar-refractivity contribution in [3.05, 3.63) is 196 Å². The van der Waals surface area contributed by atoms with Crippen molar-refractivity contribution in [1.82, 2.24) is 10.6 Å². The molecule has 0 aromatic heterocycles. The molecule has 0 radical (unpaired) electrons. The van der Waals surface area contributed by atoms with Gasteiger partial charge in [-0.25, -0.2) is 0 Å². The molecule has 0 amide bonds. The van der Waals surface area contributed by atoms with Crippen molar-refractivity contribution >= 4 is 17.6 Å². The van der Waals surface area contributed by atoms with Gasteiger partial charge in [0.1, 0.15) is 11.5 Å². The summed E-state index contributed by atoms with van der Waals surface area (Å²) in [5.74, 6) is 1.85. The van der Waals surface area contributed by atoms with E-state index in [1.165, 1.54) is 39.0 Å². The van der Waals surface area contributed by atoms with E-state index >= 15 is 0 Å². The summed E-state index contributed by atoms with van der Waals surface area (Å²) in [5, 5.41) is 15.8. The molecule has 5 heteroatoms. The molecule has 3 heterocycles. The number of hydrogen-bond donors (Lipinski definition) is 3. The predicted molar refractivity (Wildman–Crippen MR) is 194 cm³/mol. The van der Waals surface area contributed by atoms with Gasteiger partial charge in [-0.05, 0) is 63.2 Å². The van der Waals surface area contributed by atoms with E-state index in [1.54, 1.807) is 0 Å². The zero-order valence-corrected chi connectivity index (χ0v) is 26.2. The largest absolute Gasteiger partial charge is 0.457 e. The summed E-state index contributed by atoms with van der Waals surface area (Å²) in [7, 11) is 0. The third-order valence-electron chi connectivity index (χ3n) is 9.86. The molecule has 0 atom stereocenters. The van der Waals surface area contributed by atoms with Crippen LogP contribution >= 0.6 is 0 Å². The van der Waals surface area contributed by atoms with Crippen molar-refractivity contribution in [1.29, 1.82) is 5.41 Å². The minimum atomic E-state index is -0.437. The van der Waals surface area contributed by atoms with Gasteiger partial charge in [-0.3, -0.25) is 10.4 Å². The number of allylic oxidation sites excluding steroid dienone is 2. The molecule has 4 aliphatic rings. The summed E-state index contributed by atoms with van der Waals surface area (Å²) in [4.78, 5) is 4.82. The second-order valence-electron chi connectivity index (χ2n) is 12.4. The highest BCUT2D eigenvalue weighted by Gasteiger charge is 2.53. The zero-order valence-electron chi connectivity index (χ0n) is 26.2. The van der Waals surface area contributed by atoms with Gasteiger partial charge in [0.25, 0.3) is 0 Å². The average Bonchev–Trinajstić information content (AvgIpc) is 3.44. The van der Waals surface area contributed by atoms with Gasteiger partial charge in [-0.1, -0.05) is 109 Å². The quantitative estimate of drug-likeness (QED) is 0.173. The Hall–Kier alpha value is -6.20. The van der Waals surface area contributed by atoms with Crippen LogP contribution in [0.4, 0.5) is 5.69 Å². The third-order valence-corrected chi connectivity index (χ3v) is 9.86. The first-order valence-electron chi connectivity index (χ1n) is 16.3. The number of hydrogen-bond acceptors (Lipinski definition) is 5. The van der Waals surface area contributed by atoms with Gasteiger partial charge >= 0.3 is 0 Å². The molecule has 0 saturated carbocycles. The Morgan fingerprint density at radius 2 is 1.31 bits per heavy atom. The molecule has 1 aliphatic carbocycles. The molecule has 48 heavy (non-hydrogen) atoms. The van der Waals surface area contributed by atoms with Gasteiger partial charge in [0.15, 0.2) is 0 Å². The Kier molecular flexibility index (Phi) is 6.57. The molecule has 0 bridgehead atoms. The van der Waals surface area contributed by atoms with E-state index in [1.807, 2.05) is 73.2 Å². The number of para-hydroxylation sites is 1. The van der Waals surface area contributed by atoms with Crippen LogP contribution in [0.5, 0.6) is 0 Å². The van der Waals surface area contributed by atoms with Crippen LogP contribution in [0.2, 0.25) is 0 Å². The summed E-state index contributed by atoms with van der Waals surface area (Å²) >= 11 is 0. The summed E-state index contributed by atoms with van der Waals surface area (Å²) < 4.78 is 6.52. The van der Waals surface area contributed by atoms with E-state index in [9.17, 15) is 0 Å². The van der Waals surface area contributed by atoms with Gasteiger partial charge in [-0.2, -0.15) is 0 Å². The van der Waals surface area contributed by atoms with Gasteiger partial charge in [0, 0.05) is 54.0 Å². The fourth-order valence-corrected chi connectivity index (χ4v) is 7.67. The minimum Gasteiger partial charge on any atom is -0.457 e. The molecule has 230 valence electrons. The van der Waals surface area contributed by atoms with Crippen molar-refractivity contribution in [2.24, 2.45) is 4.99 Å². The molecule has 1 spiro atoms. The Morgan fingerprint density at radius 1 is 0.667 bits per heavy atom. The maximum Gasteiger partial charge on any atom is 0.131 e. The van der Waals surface area contributed by atoms with E-state index in [2.05, 4.69) is 89.5 Å². The van der Waals surface area contributed by atoms with Crippen LogP contribution in [0.15, 0.2) is 174 Å². The lowest BCUT2D eigenvalue weighted by molar-refractivity contribution is 0.290. The SMILES string of the molecule is N=C(c1ccccc1)c1ccccc1N=Cc1ccc(-c2ccc3c(c2)C2(C4=C(C=CNC4)OC4=C2CNC=C4)c2ccccc2-3)cc1. The summed E-state index contributed by atoms with van der Waals surface area (Å²) in [5.41, 5.74) is 13.4. The summed E-state index contributed by atoms with van der Waals surface area (Å²) in [6, 6.07) is 42.0. The molecule has 5 aromatic rings. The molecule has 5 aromatic carbocycles. The third kappa shape index (κ3) is 4.32. The van der Waals surface area contributed by atoms with Crippen LogP contribution in [0.25, 0.3) is 22.3 Å². The van der Waals surface area contributed by atoms with Crippen LogP contribution in [-0.2, 0) is 10.2 Å². The number of aliphatic imine (C=N–C) groups is 1. The number of ether oxygens (including phenoxy) is 1. The van der Waals surface area contributed by atoms with Crippen LogP contribution in [-0.4, -0.2) is 25.0 Å². The Balaban J connectivity index is 1.09. The van der Waals surface area contributed by atoms with Crippen LogP contribution in [0, 0.1) is 5.41 Å². The molecule has 9 rings (SSSR count). The minimum absolute atomic E-state index is 0.437. The number of fused-ring (bicyclic) bond motifs is 7. The van der Waals surface area contributed by atoms with E-state index in [-0.39, 0.29) is 0 Å². The second-order valence-corrected chi connectivity index (χ2v) is 12.4. The van der Waals surface area contributed by atoms with Crippen molar-refractivity contribution < 1.29 is 4.74 Å². The lowest BCUT2D eigenvalue weighted by Crippen LogP contribution is -2.43. The first-order chi connectivity index (χ1) is 23.7. The molecule has 0 unspecified atom stereocenters. The number of nitrogens with one attached hydrogen (secondary N) is 3. The molecule has 0 saturated heterocycles. The lowest BCUT2D eigenvalue weighted by Gasteiger charge is -2.44. The smallest absolute Gasteiger partial charge is 0.131 e. The van der Waals surface area contributed by atoms with E-state index in [4.69, 9.17) is 15.1 Å². The molecular formula is C43H32N4O. The Bertz CT molecular complexity index is 2230. The van der Waals surface area contributed by atoms with Gasteiger partial charge in [-0.15, -0.1) is 0 Å². The fourth-order valence-electron chi connectivity index (χ4n) is 7.67. The molecule has 3 N–H and O–H groups in total. The Morgan fingerprint density at radius 3 is 2.08 bits per heavy atom. The molecule has 3 aliphatic heterocycles. The zero-order chi connectivity index (χ0) is 32.1. The van der Waals surface area contributed by atoms with Crippen molar-refractivity contribution in [2.75, 3.05) is 13.1 Å². The number of dihydropyridines is 2. The van der Waals surface area contributed by atoms with Crippen molar-refractivity contribution in [3.8, 4) is 22.3 Å². The van der Waals surface area contributed by atoms with Crippen LogP contribution < -0.4 is 10.6 Å². The number of benzene rings is 5. The monoisotopic (exact) mass is 620 g/mol. The van der Waals surface area contributed by atoms with E-state index in [0.29, 0.717) is 18.8 Å². The van der Waals surface area contributed by atoms with Crippen molar-refractivity contribution in [3.63, 3.8) is 0 Å². The molecule has 5 nitrogen and oxygen atoms in total. The van der Waals surface area contributed by atoms with Gasteiger partial charge < -0.3 is 15.4 Å². The van der Waals surface area contributed by atoms with Crippen molar-refractivity contribution in [2.45, 2.75) is 5.41 Å². The summed E-state index contributed by atoms with van der Waals surface area (Å²) in [6.07, 6.45) is 9.98. The van der Waals surface area contributed by atoms with Gasteiger partial charge in [0.05, 0.1) is 16.8 Å². The average molecular weight is 621 g/mol. The first kappa shape index (κ1) is 28.1. The second kappa shape index (κ2) is 11.2. The normalized spacial score (nSPS) is 16.5. The van der Waals surface area contributed by atoms with Crippen LogP contribution in [0.3, 0.4) is 0 Å². The first-order valence-corrected chi connectivity index (χ1v) is 16.3. The molecular weight excluding hydrogens is 589 g/mol. The highest BCUT2D eigenvalue weighted by molar-refractivity contribution is 6.14. The van der Waals surface area contributed by atoms with Gasteiger partial charge in [0.2, 0.25) is 0 Å². The predicted octanol–water partition coefficient (Wildman–Crippen LogP) is 8.56. The highest BCUT2D eigenvalue weighted by Crippen LogP contribution is 2.60. The lowest BCUT2D eigenvalue weighted by atomic mass is 9.64. The maximum absolute atomic E-state index is 8.79. The van der Waals surface area contributed by atoms with E-state index < -0.39 is 5.41 Å². The Labute approximate surface area is 279 Å². The number of rotatable bonds is 5.